The number of primary amides is 1. The highest BCUT2D eigenvalue weighted by Gasteiger charge is 2.19. The minimum atomic E-state index is -0.798. The van der Waals surface area contributed by atoms with Gasteiger partial charge in [-0.1, -0.05) is 6.07 Å². The number of benzene rings is 2. The van der Waals surface area contributed by atoms with E-state index in [1.54, 1.807) is 0 Å². The van der Waals surface area contributed by atoms with Crippen molar-refractivity contribution in [3.8, 4) is 11.5 Å². The number of nitrogens with one attached hydrogen (secondary N) is 1. The number of carbonyl (C=O) groups excluding carboxylic acids is 2. The normalized spacial score (nSPS) is 10.2. The van der Waals surface area contributed by atoms with Crippen LogP contribution in [0, 0.1) is 10.1 Å². The second-order valence-electron chi connectivity index (χ2n) is 5.52. The Bertz CT molecular complexity index is 899. The highest BCUT2D eigenvalue weighted by molar-refractivity contribution is 6.09. The van der Waals surface area contributed by atoms with Gasteiger partial charge in [-0.3, -0.25) is 19.7 Å². The molecule has 0 aliphatic rings. The van der Waals surface area contributed by atoms with Gasteiger partial charge >= 0.3 is 0 Å². The van der Waals surface area contributed by atoms with Gasteiger partial charge in [-0.15, -0.1) is 0 Å². The molecule has 0 unspecified atom stereocenters. The fourth-order valence-electron chi connectivity index (χ4n) is 2.33. The van der Waals surface area contributed by atoms with Gasteiger partial charge in [-0.05, 0) is 12.1 Å². The van der Waals surface area contributed by atoms with Crippen LogP contribution in [-0.4, -0.2) is 44.2 Å². The van der Waals surface area contributed by atoms with Crippen LogP contribution in [0.15, 0.2) is 36.4 Å². The molecule has 0 aromatic heterocycles. The van der Waals surface area contributed by atoms with Crippen molar-refractivity contribution < 1.29 is 28.7 Å². The first-order valence-electron chi connectivity index (χ1n) is 8.06. The van der Waals surface area contributed by atoms with E-state index >= 15 is 0 Å². The Kier molecular flexibility index (Phi) is 6.88. The van der Waals surface area contributed by atoms with Crippen LogP contribution in [0.4, 0.5) is 11.4 Å². The van der Waals surface area contributed by atoms with Crippen molar-refractivity contribution >= 4 is 23.2 Å². The second kappa shape index (κ2) is 9.33. The molecule has 148 valence electrons. The fraction of sp³-hybridized carbons (Fsp3) is 0.222. The van der Waals surface area contributed by atoms with Crippen molar-refractivity contribution in [1.82, 2.24) is 0 Å². The first kappa shape index (κ1) is 20.6. The zero-order valence-corrected chi connectivity index (χ0v) is 15.3. The van der Waals surface area contributed by atoms with Crippen LogP contribution in [0.2, 0.25) is 0 Å². The molecule has 0 saturated carbocycles. The summed E-state index contributed by atoms with van der Waals surface area (Å²) in [7, 11) is 2.91. The Balaban J connectivity index is 2.35. The third-order valence-corrected chi connectivity index (χ3v) is 3.68. The summed E-state index contributed by atoms with van der Waals surface area (Å²) in [5, 5.41) is 13.4. The van der Waals surface area contributed by atoms with Crippen LogP contribution in [0.25, 0.3) is 0 Å². The number of non-ortho nitro benzene ring substituents is 1. The van der Waals surface area contributed by atoms with E-state index in [0.717, 1.165) is 6.07 Å². The molecule has 0 saturated heterocycles. The molecule has 0 bridgehead atoms. The largest absolute Gasteiger partial charge is 0.493 e. The maximum Gasteiger partial charge on any atom is 0.270 e. The molecule has 2 aromatic rings. The van der Waals surface area contributed by atoms with E-state index in [9.17, 15) is 19.7 Å². The van der Waals surface area contributed by atoms with Crippen molar-refractivity contribution in [3.05, 3.63) is 57.6 Å². The molecular weight excluding hydrogens is 370 g/mol. The van der Waals surface area contributed by atoms with Gasteiger partial charge in [0.2, 0.25) is 0 Å². The van der Waals surface area contributed by atoms with Crippen LogP contribution < -0.4 is 20.5 Å². The molecule has 0 aliphatic carbocycles. The lowest BCUT2D eigenvalue weighted by Gasteiger charge is -2.15. The number of methoxy groups -OCH3 is 2. The minimum Gasteiger partial charge on any atom is -0.493 e. The summed E-state index contributed by atoms with van der Waals surface area (Å²) in [4.78, 5) is 34.6. The number of nitro benzene ring substituents is 1. The van der Waals surface area contributed by atoms with Gasteiger partial charge in [-0.25, -0.2) is 0 Å². The summed E-state index contributed by atoms with van der Waals surface area (Å²) < 4.78 is 15.6. The number of nitrogens with two attached hydrogens (primary N) is 1. The topological polar surface area (TPSA) is 143 Å². The highest BCUT2D eigenvalue weighted by Crippen LogP contribution is 2.34. The van der Waals surface area contributed by atoms with Gasteiger partial charge < -0.3 is 25.3 Å². The molecule has 2 rings (SSSR count). The van der Waals surface area contributed by atoms with Gasteiger partial charge in [0.15, 0.2) is 11.5 Å². The zero-order valence-electron chi connectivity index (χ0n) is 15.3. The van der Waals surface area contributed by atoms with Crippen LogP contribution in [0.1, 0.15) is 20.7 Å². The smallest absolute Gasteiger partial charge is 0.270 e. The predicted octanol–water partition coefficient (Wildman–Crippen LogP) is 1.98. The average Bonchev–Trinajstić information content (AvgIpc) is 2.68. The molecule has 10 heteroatoms. The number of ether oxygens (including phenoxy) is 3. The summed E-state index contributed by atoms with van der Waals surface area (Å²) in [5.41, 5.74) is 5.29. The maximum atomic E-state index is 12.5. The molecular formula is C18H19N3O7. The second-order valence-corrected chi connectivity index (χ2v) is 5.52. The Hall–Kier alpha value is -3.66. The zero-order chi connectivity index (χ0) is 20.7. The number of carbonyl (C=O) groups is 2. The van der Waals surface area contributed by atoms with Crippen molar-refractivity contribution in [1.29, 1.82) is 0 Å². The Morgan fingerprint density at radius 1 is 1.14 bits per heavy atom. The lowest BCUT2D eigenvalue weighted by Crippen LogP contribution is -2.19. The molecule has 2 aromatic carbocycles. The lowest BCUT2D eigenvalue weighted by molar-refractivity contribution is -0.384. The Morgan fingerprint density at radius 3 is 2.50 bits per heavy atom. The van der Waals surface area contributed by atoms with E-state index in [1.165, 1.54) is 44.6 Å². The fourth-order valence-corrected chi connectivity index (χ4v) is 2.33. The van der Waals surface area contributed by atoms with E-state index in [4.69, 9.17) is 19.9 Å². The van der Waals surface area contributed by atoms with Crippen LogP contribution in [0.5, 0.6) is 11.5 Å². The first-order chi connectivity index (χ1) is 13.4. The lowest BCUT2D eigenvalue weighted by atomic mass is 10.1. The van der Waals surface area contributed by atoms with Crippen molar-refractivity contribution in [2.45, 2.75) is 0 Å². The summed E-state index contributed by atoms with van der Waals surface area (Å²) in [6.07, 6.45) is 0. The maximum absolute atomic E-state index is 12.5. The van der Waals surface area contributed by atoms with Crippen LogP contribution >= 0.6 is 0 Å². The SMILES string of the molecule is COCCOc1cc(C(N)=O)c(NC(=O)c2cccc([N+](=O)[O-])c2)cc1OC. The Labute approximate surface area is 160 Å². The van der Waals surface area contributed by atoms with Crippen LogP contribution in [0.3, 0.4) is 0 Å². The quantitative estimate of drug-likeness (QED) is 0.379. The van der Waals surface area contributed by atoms with Crippen LogP contribution in [-0.2, 0) is 4.74 Å². The standard InChI is InChI=1S/C18H19N3O7/c1-26-6-7-28-16-9-13(17(19)22)14(10-15(16)27-2)20-18(23)11-4-3-5-12(8-11)21(24)25/h3-5,8-10H,6-7H2,1-2H3,(H2,19,22)(H,20,23). The van der Waals surface area contributed by atoms with Gasteiger partial charge in [0, 0.05) is 30.9 Å². The van der Waals surface area contributed by atoms with E-state index in [2.05, 4.69) is 5.32 Å². The van der Waals surface area contributed by atoms with E-state index < -0.39 is 16.7 Å². The molecule has 0 atom stereocenters. The number of nitrogens with zero attached hydrogens (tertiary/aromatic N) is 1. The molecule has 10 nitrogen and oxygen atoms in total. The predicted molar refractivity (Wildman–Crippen MR) is 99.9 cm³/mol. The number of anilines is 1. The van der Waals surface area contributed by atoms with Crippen molar-refractivity contribution in [2.75, 3.05) is 32.8 Å². The minimum absolute atomic E-state index is 0.00741. The summed E-state index contributed by atoms with van der Waals surface area (Å²) in [5.74, 6) is -0.938. The highest BCUT2D eigenvalue weighted by atomic mass is 16.6. The third kappa shape index (κ3) is 4.95. The average molecular weight is 389 g/mol. The number of hydrogen-bond donors (Lipinski definition) is 2. The number of nitro groups is 1. The molecule has 28 heavy (non-hydrogen) atoms. The molecule has 3 N–H and O–H groups in total. The monoisotopic (exact) mass is 389 g/mol. The van der Waals surface area contributed by atoms with Gasteiger partial charge in [0.05, 0.1) is 29.9 Å². The Morgan fingerprint density at radius 2 is 1.89 bits per heavy atom. The summed E-state index contributed by atoms with van der Waals surface area (Å²) >= 11 is 0. The number of amides is 2. The van der Waals surface area contributed by atoms with Crippen molar-refractivity contribution in [2.24, 2.45) is 5.73 Å². The van der Waals surface area contributed by atoms with E-state index in [1.807, 2.05) is 0 Å². The molecule has 0 spiro atoms. The molecule has 2 amide bonds. The molecule has 0 aliphatic heterocycles. The number of hydrogen-bond acceptors (Lipinski definition) is 7. The molecule has 0 fully saturated rings. The third-order valence-electron chi connectivity index (χ3n) is 3.68. The number of rotatable bonds is 9. The van der Waals surface area contributed by atoms with Gasteiger partial charge in [-0.2, -0.15) is 0 Å². The van der Waals surface area contributed by atoms with E-state index in [0.29, 0.717) is 6.61 Å². The molecule has 0 radical (unpaired) electrons. The summed E-state index contributed by atoms with van der Waals surface area (Å²) in [6, 6.07) is 7.91. The molecule has 0 heterocycles. The summed E-state index contributed by atoms with van der Waals surface area (Å²) in [6.45, 7) is 0.533. The van der Waals surface area contributed by atoms with Gasteiger partial charge in [0.25, 0.3) is 17.5 Å². The van der Waals surface area contributed by atoms with Crippen molar-refractivity contribution in [3.63, 3.8) is 0 Å². The van der Waals surface area contributed by atoms with E-state index in [-0.39, 0.29) is 40.6 Å². The van der Waals surface area contributed by atoms with Gasteiger partial charge in [0.1, 0.15) is 6.61 Å². The first-order valence-corrected chi connectivity index (χ1v) is 8.06.